The maximum atomic E-state index is 4.60. The van der Waals surface area contributed by atoms with E-state index in [-0.39, 0.29) is 0 Å². The largest absolute Gasteiger partial charge is 0.349 e. The molecule has 0 saturated heterocycles. The van der Waals surface area contributed by atoms with Crippen molar-refractivity contribution < 1.29 is 0 Å². The SMILES string of the molecule is CC12CCC(C1)C(C)(C)C2Nc1nc2ccccn2n1. The smallest absolute Gasteiger partial charge is 0.243 e. The lowest BCUT2D eigenvalue weighted by Crippen LogP contribution is -2.46. The van der Waals surface area contributed by atoms with E-state index in [9.17, 15) is 0 Å². The second-order valence-corrected chi connectivity index (χ2v) is 7.43. The van der Waals surface area contributed by atoms with E-state index in [4.69, 9.17) is 0 Å². The van der Waals surface area contributed by atoms with Gasteiger partial charge in [0, 0.05) is 12.2 Å². The molecule has 0 spiro atoms. The molecule has 0 radical (unpaired) electrons. The summed E-state index contributed by atoms with van der Waals surface area (Å²) in [4.78, 5) is 4.60. The van der Waals surface area contributed by atoms with Gasteiger partial charge in [-0.15, -0.1) is 5.10 Å². The van der Waals surface area contributed by atoms with Gasteiger partial charge in [-0.25, -0.2) is 4.52 Å². The van der Waals surface area contributed by atoms with E-state index in [1.165, 1.54) is 19.3 Å². The zero-order chi connectivity index (χ0) is 14.0. The summed E-state index contributed by atoms with van der Waals surface area (Å²) in [6, 6.07) is 6.43. The molecule has 20 heavy (non-hydrogen) atoms. The highest BCUT2D eigenvalue weighted by atomic mass is 15.4. The second-order valence-electron chi connectivity index (χ2n) is 7.43. The first-order chi connectivity index (χ1) is 9.49. The first kappa shape index (κ1) is 12.2. The third kappa shape index (κ3) is 1.54. The lowest BCUT2D eigenvalue weighted by atomic mass is 9.68. The molecule has 2 aliphatic carbocycles. The van der Waals surface area contributed by atoms with Gasteiger partial charge in [0.1, 0.15) is 0 Å². The molecule has 2 fully saturated rings. The van der Waals surface area contributed by atoms with Crippen LogP contribution in [0.5, 0.6) is 0 Å². The Morgan fingerprint density at radius 1 is 1.30 bits per heavy atom. The fourth-order valence-electron chi connectivity index (χ4n) is 4.68. The van der Waals surface area contributed by atoms with Gasteiger partial charge in [0.15, 0.2) is 5.65 Å². The van der Waals surface area contributed by atoms with Crippen LogP contribution in [0.15, 0.2) is 24.4 Å². The van der Waals surface area contributed by atoms with Gasteiger partial charge in [-0.1, -0.05) is 26.8 Å². The maximum Gasteiger partial charge on any atom is 0.243 e. The minimum atomic E-state index is 0.324. The zero-order valence-corrected chi connectivity index (χ0v) is 12.4. The van der Waals surface area contributed by atoms with Crippen molar-refractivity contribution in [2.45, 2.75) is 46.1 Å². The summed E-state index contributed by atoms with van der Waals surface area (Å²) in [6.07, 6.45) is 5.98. The molecule has 2 heterocycles. The first-order valence-electron chi connectivity index (χ1n) is 7.57. The minimum absolute atomic E-state index is 0.324. The quantitative estimate of drug-likeness (QED) is 0.910. The number of fused-ring (bicyclic) bond motifs is 3. The third-order valence-corrected chi connectivity index (χ3v) is 5.78. The summed E-state index contributed by atoms with van der Waals surface area (Å²) in [5.41, 5.74) is 1.62. The monoisotopic (exact) mass is 270 g/mol. The van der Waals surface area contributed by atoms with Gasteiger partial charge in [0.2, 0.25) is 5.95 Å². The molecule has 2 aliphatic rings. The molecular formula is C16H22N4. The highest BCUT2D eigenvalue weighted by Gasteiger charge is 2.59. The number of anilines is 1. The number of hydrogen-bond donors (Lipinski definition) is 1. The predicted octanol–water partition coefficient (Wildman–Crippen LogP) is 3.36. The molecular weight excluding hydrogens is 248 g/mol. The van der Waals surface area contributed by atoms with E-state index in [1.54, 1.807) is 0 Å². The topological polar surface area (TPSA) is 42.2 Å². The van der Waals surface area contributed by atoms with E-state index in [0.717, 1.165) is 17.5 Å². The number of nitrogens with zero attached hydrogens (tertiary/aromatic N) is 3. The van der Waals surface area contributed by atoms with Crippen molar-refractivity contribution in [2.75, 3.05) is 5.32 Å². The van der Waals surface area contributed by atoms with Crippen LogP contribution >= 0.6 is 0 Å². The zero-order valence-electron chi connectivity index (χ0n) is 12.4. The molecule has 0 amide bonds. The standard InChI is InChI=1S/C16H22N4/c1-15(2)11-7-8-16(3,10-11)13(15)18-14-17-12-6-4-5-9-20(12)19-14/h4-6,9,11,13H,7-8,10H2,1-3H3,(H,18,19). The second kappa shape index (κ2) is 3.74. The van der Waals surface area contributed by atoms with Crippen molar-refractivity contribution in [3.63, 3.8) is 0 Å². The Kier molecular flexibility index (Phi) is 2.28. The molecule has 2 saturated carbocycles. The Morgan fingerprint density at radius 3 is 2.85 bits per heavy atom. The van der Waals surface area contributed by atoms with Crippen molar-refractivity contribution in [1.29, 1.82) is 0 Å². The molecule has 3 atom stereocenters. The van der Waals surface area contributed by atoms with E-state index in [0.29, 0.717) is 16.9 Å². The molecule has 0 aromatic carbocycles. The van der Waals surface area contributed by atoms with Gasteiger partial charge in [-0.3, -0.25) is 0 Å². The fraction of sp³-hybridized carbons (Fsp3) is 0.625. The Hall–Kier alpha value is -1.58. The molecule has 2 bridgehead atoms. The minimum Gasteiger partial charge on any atom is -0.349 e. The molecule has 2 aromatic heterocycles. The fourth-order valence-corrected chi connectivity index (χ4v) is 4.68. The van der Waals surface area contributed by atoms with E-state index in [1.807, 2.05) is 28.9 Å². The van der Waals surface area contributed by atoms with Crippen LogP contribution in [-0.2, 0) is 0 Å². The lowest BCUT2D eigenvalue weighted by molar-refractivity contribution is 0.155. The Bertz CT molecular complexity index is 622. The van der Waals surface area contributed by atoms with Crippen LogP contribution in [0.4, 0.5) is 5.95 Å². The van der Waals surface area contributed by atoms with Gasteiger partial charge < -0.3 is 5.32 Å². The Balaban J connectivity index is 1.68. The van der Waals surface area contributed by atoms with Crippen LogP contribution < -0.4 is 5.32 Å². The van der Waals surface area contributed by atoms with Crippen molar-refractivity contribution in [1.82, 2.24) is 14.6 Å². The number of nitrogens with one attached hydrogen (secondary N) is 1. The summed E-state index contributed by atoms with van der Waals surface area (Å²) < 4.78 is 1.84. The third-order valence-electron chi connectivity index (χ3n) is 5.78. The summed E-state index contributed by atoms with van der Waals surface area (Å²) in [7, 11) is 0. The summed E-state index contributed by atoms with van der Waals surface area (Å²) in [5.74, 6) is 1.60. The molecule has 106 valence electrons. The maximum absolute atomic E-state index is 4.60. The highest BCUT2D eigenvalue weighted by Crippen LogP contribution is 2.62. The van der Waals surface area contributed by atoms with Crippen molar-refractivity contribution in [2.24, 2.45) is 16.7 Å². The van der Waals surface area contributed by atoms with Crippen molar-refractivity contribution in [3.05, 3.63) is 24.4 Å². The molecule has 2 aromatic rings. The number of hydrogen-bond acceptors (Lipinski definition) is 3. The van der Waals surface area contributed by atoms with Crippen LogP contribution in [0.1, 0.15) is 40.0 Å². The number of pyridine rings is 1. The molecule has 0 aliphatic heterocycles. The molecule has 1 N–H and O–H groups in total. The van der Waals surface area contributed by atoms with Gasteiger partial charge in [-0.2, -0.15) is 4.98 Å². The summed E-state index contributed by atoms with van der Waals surface area (Å²) >= 11 is 0. The lowest BCUT2D eigenvalue weighted by Gasteiger charge is -2.42. The van der Waals surface area contributed by atoms with Crippen molar-refractivity contribution in [3.8, 4) is 0 Å². The normalized spacial score (nSPS) is 34.8. The summed E-state index contributed by atoms with van der Waals surface area (Å²) in [6.45, 7) is 7.22. The highest BCUT2D eigenvalue weighted by molar-refractivity contribution is 5.44. The van der Waals surface area contributed by atoms with Crippen LogP contribution in [0, 0.1) is 16.7 Å². The van der Waals surface area contributed by atoms with E-state index >= 15 is 0 Å². The van der Waals surface area contributed by atoms with E-state index < -0.39 is 0 Å². The summed E-state index contributed by atoms with van der Waals surface area (Å²) in [5, 5.41) is 8.20. The molecule has 4 rings (SSSR count). The number of rotatable bonds is 2. The van der Waals surface area contributed by atoms with Crippen LogP contribution in [0.3, 0.4) is 0 Å². The first-order valence-corrected chi connectivity index (χ1v) is 7.57. The van der Waals surface area contributed by atoms with Crippen LogP contribution in [0.25, 0.3) is 5.65 Å². The van der Waals surface area contributed by atoms with Gasteiger partial charge >= 0.3 is 0 Å². The van der Waals surface area contributed by atoms with Gasteiger partial charge in [0.05, 0.1) is 0 Å². The molecule has 3 unspecified atom stereocenters. The average molecular weight is 270 g/mol. The van der Waals surface area contributed by atoms with Crippen LogP contribution in [0.2, 0.25) is 0 Å². The van der Waals surface area contributed by atoms with Gasteiger partial charge in [0.25, 0.3) is 0 Å². The number of aromatic nitrogens is 3. The van der Waals surface area contributed by atoms with Crippen LogP contribution in [-0.4, -0.2) is 20.6 Å². The Morgan fingerprint density at radius 2 is 2.15 bits per heavy atom. The molecule has 4 nitrogen and oxygen atoms in total. The molecule has 4 heteroatoms. The predicted molar refractivity (Wildman–Crippen MR) is 79.6 cm³/mol. The van der Waals surface area contributed by atoms with Gasteiger partial charge in [-0.05, 0) is 48.1 Å². The average Bonchev–Trinajstić information content (AvgIpc) is 3.03. The van der Waals surface area contributed by atoms with E-state index in [2.05, 4.69) is 36.2 Å². The van der Waals surface area contributed by atoms with Crippen molar-refractivity contribution >= 4 is 11.6 Å². The Labute approximate surface area is 119 Å².